The second-order valence-corrected chi connectivity index (χ2v) is 9.94. The summed E-state index contributed by atoms with van der Waals surface area (Å²) in [5.74, 6) is -0.175. The average molecular weight is 540 g/mol. The minimum atomic E-state index is -0.973. The zero-order chi connectivity index (χ0) is 26.8. The van der Waals surface area contributed by atoms with Crippen molar-refractivity contribution in [2.45, 2.75) is 18.9 Å². The highest BCUT2D eigenvalue weighted by molar-refractivity contribution is 6.37. The predicted molar refractivity (Wildman–Crippen MR) is 146 cm³/mol. The second kappa shape index (κ2) is 10.9. The summed E-state index contributed by atoms with van der Waals surface area (Å²) < 4.78 is 5.98. The summed E-state index contributed by atoms with van der Waals surface area (Å²) in [6.45, 7) is 2.70. The summed E-state index contributed by atoms with van der Waals surface area (Å²) in [6, 6.07) is 11.3. The minimum Gasteiger partial charge on any atom is -0.465 e. The molecular formula is C26H30ClN7O4. The van der Waals surface area contributed by atoms with Gasteiger partial charge in [0.2, 0.25) is 0 Å². The summed E-state index contributed by atoms with van der Waals surface area (Å²) in [4.78, 5) is 39.3. The molecular weight excluding hydrogens is 510 g/mol. The third kappa shape index (κ3) is 5.25. The summed E-state index contributed by atoms with van der Waals surface area (Å²) in [5.41, 5.74) is 7.08. The van der Waals surface area contributed by atoms with E-state index in [1.165, 1.54) is 4.90 Å². The lowest BCUT2D eigenvalue weighted by Crippen LogP contribution is -2.48. The Kier molecular flexibility index (Phi) is 7.39. The number of nitrogens with zero attached hydrogens (tertiary/aromatic N) is 5. The number of fused-ring (bicyclic) bond motifs is 1. The van der Waals surface area contributed by atoms with Crippen molar-refractivity contribution in [1.29, 1.82) is 0 Å². The molecule has 2 fully saturated rings. The maximum Gasteiger partial charge on any atom is 0.407 e. The quantitative estimate of drug-likeness (QED) is 0.430. The molecule has 1 aromatic heterocycles. The number of hydrogen-bond acceptors (Lipinski definition) is 8. The van der Waals surface area contributed by atoms with E-state index in [-0.39, 0.29) is 36.5 Å². The van der Waals surface area contributed by atoms with E-state index in [0.717, 1.165) is 24.8 Å². The van der Waals surface area contributed by atoms with Gasteiger partial charge in [-0.05, 0) is 44.0 Å². The number of benzene rings is 2. The standard InChI is InChI=1S/C26H30ClN7O4/c1-32-10-4-7-17(32)15-38-25-30-22(21(28)23(31-25)33-11-13-34(14-12-33)26(36)37)24(35)29-19-9-3-6-16-5-2-8-18(27)20(16)19/h2-3,5-6,8-9,17H,4,7,10-15,28H2,1H3,(H,29,35)(H,36,37)/t17-/m0/s1. The number of nitrogens with one attached hydrogen (secondary N) is 1. The van der Waals surface area contributed by atoms with Crippen molar-refractivity contribution in [3.8, 4) is 6.01 Å². The Morgan fingerprint density at radius 2 is 1.87 bits per heavy atom. The van der Waals surface area contributed by atoms with Gasteiger partial charge >= 0.3 is 12.1 Å². The van der Waals surface area contributed by atoms with Crippen LogP contribution in [-0.4, -0.2) is 89.3 Å². The molecule has 0 saturated carbocycles. The van der Waals surface area contributed by atoms with Crippen LogP contribution in [0, 0.1) is 0 Å². The van der Waals surface area contributed by atoms with Crippen molar-refractivity contribution in [2.24, 2.45) is 0 Å². The third-order valence-electron chi connectivity index (χ3n) is 7.15. The lowest BCUT2D eigenvalue weighted by atomic mass is 10.1. The van der Waals surface area contributed by atoms with Gasteiger partial charge in [-0.3, -0.25) is 4.79 Å². The number of likely N-dealkylation sites (tertiary alicyclic amines) is 1. The van der Waals surface area contributed by atoms with Crippen LogP contribution in [0.1, 0.15) is 23.3 Å². The van der Waals surface area contributed by atoms with Crippen LogP contribution in [0.2, 0.25) is 5.02 Å². The highest BCUT2D eigenvalue weighted by atomic mass is 35.5. The molecule has 2 amide bonds. The monoisotopic (exact) mass is 539 g/mol. The molecule has 2 saturated heterocycles. The van der Waals surface area contributed by atoms with Gasteiger partial charge in [-0.2, -0.15) is 9.97 Å². The van der Waals surface area contributed by atoms with Crippen LogP contribution in [0.25, 0.3) is 10.8 Å². The number of nitrogen functional groups attached to an aromatic ring is 1. The second-order valence-electron chi connectivity index (χ2n) is 9.53. The SMILES string of the molecule is CN1CCC[C@H]1COc1nc(C(=O)Nc2cccc3cccc(Cl)c23)c(N)c(N2CCN(C(=O)O)CC2)n1. The fourth-order valence-electron chi connectivity index (χ4n) is 4.97. The van der Waals surface area contributed by atoms with Crippen molar-refractivity contribution >= 4 is 51.6 Å². The van der Waals surface area contributed by atoms with E-state index in [0.29, 0.717) is 41.6 Å². The maximum absolute atomic E-state index is 13.5. The highest BCUT2D eigenvalue weighted by Crippen LogP contribution is 2.32. The van der Waals surface area contributed by atoms with Gasteiger partial charge in [-0.15, -0.1) is 0 Å². The van der Waals surface area contributed by atoms with E-state index in [1.807, 2.05) is 36.2 Å². The maximum atomic E-state index is 13.5. The van der Waals surface area contributed by atoms with Crippen molar-refractivity contribution in [1.82, 2.24) is 19.8 Å². The number of hydrogen-bond donors (Lipinski definition) is 3. The van der Waals surface area contributed by atoms with Gasteiger partial charge in [0.05, 0.1) is 10.7 Å². The van der Waals surface area contributed by atoms with E-state index < -0.39 is 12.0 Å². The molecule has 0 aliphatic carbocycles. The Bertz CT molecular complexity index is 1360. The fourth-order valence-corrected chi connectivity index (χ4v) is 5.25. The first kappa shape index (κ1) is 25.8. The number of likely N-dealkylation sites (N-methyl/N-ethyl adjacent to an activating group) is 1. The van der Waals surface area contributed by atoms with Gasteiger partial charge in [-0.1, -0.05) is 35.9 Å². The average Bonchev–Trinajstić information content (AvgIpc) is 3.32. The Hall–Kier alpha value is -3.83. The van der Waals surface area contributed by atoms with E-state index in [2.05, 4.69) is 20.2 Å². The minimum absolute atomic E-state index is 0.0190. The van der Waals surface area contributed by atoms with Crippen molar-refractivity contribution in [2.75, 3.05) is 62.3 Å². The van der Waals surface area contributed by atoms with Crippen LogP contribution in [-0.2, 0) is 0 Å². The van der Waals surface area contributed by atoms with Crippen LogP contribution in [0.5, 0.6) is 6.01 Å². The number of nitrogens with two attached hydrogens (primary N) is 1. The van der Waals surface area contributed by atoms with Gasteiger partial charge < -0.3 is 35.6 Å². The lowest BCUT2D eigenvalue weighted by molar-refractivity contribution is 0.102. The molecule has 3 heterocycles. The summed E-state index contributed by atoms with van der Waals surface area (Å²) in [5, 5.41) is 14.3. The molecule has 200 valence electrons. The van der Waals surface area contributed by atoms with Crippen molar-refractivity contribution < 1.29 is 19.4 Å². The highest BCUT2D eigenvalue weighted by Gasteiger charge is 2.28. The number of aromatic nitrogens is 2. The number of ether oxygens (including phenoxy) is 1. The predicted octanol–water partition coefficient (Wildman–Crippen LogP) is 3.39. The molecule has 38 heavy (non-hydrogen) atoms. The van der Waals surface area contributed by atoms with E-state index in [4.69, 9.17) is 22.1 Å². The zero-order valence-electron chi connectivity index (χ0n) is 21.1. The topological polar surface area (TPSA) is 137 Å². The lowest BCUT2D eigenvalue weighted by Gasteiger charge is -2.34. The normalized spacial score (nSPS) is 18.1. The molecule has 2 aromatic carbocycles. The number of halogens is 1. The molecule has 0 spiro atoms. The van der Waals surface area contributed by atoms with Gasteiger partial charge in [0, 0.05) is 37.6 Å². The molecule has 5 rings (SSSR count). The first-order valence-corrected chi connectivity index (χ1v) is 12.9. The van der Waals surface area contributed by atoms with E-state index in [9.17, 15) is 14.7 Å². The summed E-state index contributed by atoms with van der Waals surface area (Å²) in [7, 11) is 2.05. The number of carbonyl (C=O) groups excluding carboxylic acids is 1. The summed E-state index contributed by atoms with van der Waals surface area (Å²) >= 11 is 6.45. The van der Waals surface area contributed by atoms with Crippen molar-refractivity contribution in [3.05, 3.63) is 47.1 Å². The molecule has 2 aliphatic heterocycles. The van der Waals surface area contributed by atoms with Crippen LogP contribution >= 0.6 is 11.6 Å². The molecule has 4 N–H and O–H groups in total. The van der Waals surface area contributed by atoms with Crippen LogP contribution in [0.15, 0.2) is 36.4 Å². The van der Waals surface area contributed by atoms with E-state index in [1.54, 1.807) is 12.1 Å². The van der Waals surface area contributed by atoms with Crippen LogP contribution in [0.4, 0.5) is 22.0 Å². The molecule has 0 bridgehead atoms. The van der Waals surface area contributed by atoms with E-state index >= 15 is 0 Å². The Balaban J connectivity index is 1.46. The molecule has 11 nitrogen and oxygen atoms in total. The number of carbonyl (C=O) groups is 2. The van der Waals surface area contributed by atoms with Gasteiger partial charge in [0.15, 0.2) is 11.5 Å². The number of piperazine rings is 1. The number of carboxylic acid groups (broad SMARTS) is 1. The Labute approximate surface area is 225 Å². The largest absolute Gasteiger partial charge is 0.465 e. The molecule has 0 unspecified atom stereocenters. The number of amides is 2. The third-order valence-corrected chi connectivity index (χ3v) is 7.46. The van der Waals surface area contributed by atoms with Gasteiger partial charge in [-0.25, -0.2) is 4.79 Å². The van der Waals surface area contributed by atoms with Gasteiger partial charge in [0.1, 0.15) is 12.3 Å². The molecule has 0 radical (unpaired) electrons. The fraction of sp³-hybridized carbons (Fsp3) is 0.385. The summed E-state index contributed by atoms with van der Waals surface area (Å²) in [6.07, 6.45) is 1.12. The Morgan fingerprint density at radius 1 is 1.13 bits per heavy atom. The van der Waals surface area contributed by atoms with Crippen LogP contribution in [0.3, 0.4) is 0 Å². The molecule has 1 atom stereocenters. The molecule has 12 heteroatoms. The zero-order valence-corrected chi connectivity index (χ0v) is 21.8. The molecule has 2 aliphatic rings. The number of anilines is 3. The van der Waals surface area contributed by atoms with Crippen molar-refractivity contribution in [3.63, 3.8) is 0 Å². The number of rotatable bonds is 6. The first-order valence-electron chi connectivity index (χ1n) is 12.5. The van der Waals surface area contributed by atoms with Crippen LogP contribution < -0.4 is 20.7 Å². The van der Waals surface area contributed by atoms with Gasteiger partial charge in [0.25, 0.3) is 5.91 Å². The molecule has 3 aromatic rings. The smallest absolute Gasteiger partial charge is 0.407 e. The first-order chi connectivity index (χ1) is 18.3. The Morgan fingerprint density at radius 3 is 2.55 bits per heavy atom.